The fraction of sp³-hybridized carbons (Fsp3) is 0.385. The van der Waals surface area contributed by atoms with Crippen molar-refractivity contribution in [2.45, 2.75) is 58.5 Å². The molecular weight excluding hydrogens is 486 g/mol. The largest absolute Gasteiger partial charge is 0.366 e. The van der Waals surface area contributed by atoms with Crippen LogP contribution < -0.4 is 4.90 Å². The van der Waals surface area contributed by atoms with Crippen molar-refractivity contribution in [2.24, 2.45) is 0 Å². The highest BCUT2D eigenvalue weighted by molar-refractivity contribution is 8.18. The number of amides is 2. The van der Waals surface area contributed by atoms with Gasteiger partial charge in [-0.1, -0.05) is 37.6 Å². The second-order valence-corrected chi connectivity index (χ2v) is 11.1. The minimum Gasteiger partial charge on any atom is -0.366 e. The molecule has 184 valence electrons. The van der Waals surface area contributed by atoms with Crippen molar-refractivity contribution in [3.63, 3.8) is 0 Å². The van der Waals surface area contributed by atoms with E-state index in [-0.39, 0.29) is 22.7 Å². The van der Waals surface area contributed by atoms with Gasteiger partial charge in [-0.3, -0.25) is 24.6 Å². The number of nitro groups is 1. The van der Waals surface area contributed by atoms with Gasteiger partial charge in [-0.05, 0) is 79.3 Å². The standard InChI is InChI=1S/C26H28ClN3O4S/c1-5-9-29-22-13-21(27)18(11-20(22)16(2)14-26(29,3)4)12-23-24(31)28(25(32)35-23)15-17-7-6-8-19(10-17)30(33)34/h6-8,10-13,16H,5,9,14-15H2,1-4H3/b23-12+. The lowest BCUT2D eigenvalue weighted by Gasteiger charge is -2.47. The maximum atomic E-state index is 13.1. The van der Waals surface area contributed by atoms with E-state index in [1.54, 1.807) is 18.2 Å². The van der Waals surface area contributed by atoms with Crippen molar-refractivity contribution in [1.29, 1.82) is 0 Å². The smallest absolute Gasteiger partial charge is 0.293 e. The van der Waals surface area contributed by atoms with Gasteiger partial charge in [0.25, 0.3) is 16.8 Å². The summed E-state index contributed by atoms with van der Waals surface area (Å²) < 4.78 is 0. The van der Waals surface area contributed by atoms with Gasteiger partial charge in [-0.2, -0.15) is 0 Å². The molecule has 2 aromatic rings. The van der Waals surface area contributed by atoms with Gasteiger partial charge in [0, 0.05) is 34.9 Å². The van der Waals surface area contributed by atoms with E-state index in [9.17, 15) is 19.7 Å². The molecule has 9 heteroatoms. The number of imide groups is 1. The van der Waals surface area contributed by atoms with Crippen LogP contribution in [0.4, 0.5) is 16.2 Å². The van der Waals surface area contributed by atoms with Gasteiger partial charge in [-0.15, -0.1) is 0 Å². The minimum atomic E-state index is -0.501. The molecule has 2 aromatic carbocycles. The van der Waals surface area contributed by atoms with Gasteiger partial charge in [0.1, 0.15) is 0 Å². The Kier molecular flexibility index (Phi) is 6.97. The molecule has 0 bridgehead atoms. The Morgan fingerprint density at radius 3 is 2.69 bits per heavy atom. The summed E-state index contributed by atoms with van der Waals surface area (Å²) in [6, 6.07) is 9.96. The number of thioether (sulfide) groups is 1. The zero-order valence-electron chi connectivity index (χ0n) is 20.2. The summed E-state index contributed by atoms with van der Waals surface area (Å²) in [5, 5.41) is 11.2. The summed E-state index contributed by atoms with van der Waals surface area (Å²) in [7, 11) is 0. The van der Waals surface area contributed by atoms with Crippen molar-refractivity contribution in [3.05, 3.63) is 73.1 Å². The summed E-state index contributed by atoms with van der Waals surface area (Å²) >= 11 is 7.55. The lowest BCUT2D eigenvalue weighted by atomic mass is 9.79. The molecule has 35 heavy (non-hydrogen) atoms. The van der Waals surface area contributed by atoms with Crippen molar-refractivity contribution < 1.29 is 14.5 Å². The lowest BCUT2D eigenvalue weighted by molar-refractivity contribution is -0.384. The third kappa shape index (κ3) is 4.95. The lowest BCUT2D eigenvalue weighted by Crippen LogP contribution is -2.48. The van der Waals surface area contributed by atoms with Gasteiger partial charge < -0.3 is 4.90 Å². The summed E-state index contributed by atoms with van der Waals surface area (Å²) in [6.45, 7) is 9.77. The van der Waals surface area contributed by atoms with Gasteiger partial charge in [0.2, 0.25) is 0 Å². The molecule has 7 nitrogen and oxygen atoms in total. The average molecular weight is 514 g/mol. The summed E-state index contributed by atoms with van der Waals surface area (Å²) in [6.07, 6.45) is 3.70. The number of rotatable bonds is 6. The van der Waals surface area contributed by atoms with Crippen LogP contribution in [0.3, 0.4) is 0 Å². The first-order chi connectivity index (χ1) is 16.5. The molecule has 2 heterocycles. The second kappa shape index (κ2) is 9.66. The number of nitro benzene ring substituents is 1. The first kappa shape index (κ1) is 25.3. The van der Waals surface area contributed by atoms with E-state index < -0.39 is 16.1 Å². The molecule has 2 amide bonds. The number of hydrogen-bond acceptors (Lipinski definition) is 6. The number of fused-ring (bicyclic) bond motifs is 1. The van der Waals surface area contributed by atoms with Gasteiger partial charge in [-0.25, -0.2) is 0 Å². The predicted octanol–water partition coefficient (Wildman–Crippen LogP) is 6.99. The number of benzene rings is 2. The molecule has 0 spiro atoms. The molecule has 1 atom stereocenters. The Bertz CT molecular complexity index is 1240. The fourth-order valence-electron chi connectivity index (χ4n) is 5.01. The Hall–Kier alpha value is -2.84. The molecule has 0 N–H and O–H groups in total. The van der Waals surface area contributed by atoms with Crippen LogP contribution in [0.2, 0.25) is 5.02 Å². The number of carbonyl (C=O) groups is 2. The van der Waals surface area contributed by atoms with E-state index in [2.05, 4.69) is 32.6 Å². The maximum absolute atomic E-state index is 13.1. The highest BCUT2D eigenvalue weighted by Gasteiger charge is 2.38. The van der Waals surface area contributed by atoms with Crippen LogP contribution in [0.5, 0.6) is 0 Å². The van der Waals surface area contributed by atoms with Crippen LogP contribution in [0.15, 0.2) is 41.3 Å². The summed E-state index contributed by atoms with van der Waals surface area (Å²) in [5.41, 5.74) is 3.46. The molecule has 1 unspecified atom stereocenters. The predicted molar refractivity (Wildman–Crippen MR) is 141 cm³/mol. The van der Waals surface area contributed by atoms with E-state index in [1.807, 2.05) is 12.1 Å². The van der Waals surface area contributed by atoms with Crippen molar-refractivity contribution in [3.8, 4) is 0 Å². The van der Waals surface area contributed by atoms with E-state index in [4.69, 9.17) is 11.6 Å². The van der Waals surface area contributed by atoms with Crippen molar-refractivity contribution >= 4 is 52.0 Å². The molecule has 4 rings (SSSR count). The molecule has 2 aliphatic heterocycles. The normalized spacial score (nSPS) is 20.5. The number of anilines is 1. The molecule has 2 aliphatic rings. The molecule has 0 saturated carbocycles. The molecule has 0 aliphatic carbocycles. The number of carbonyl (C=O) groups excluding carboxylic acids is 2. The van der Waals surface area contributed by atoms with Gasteiger partial charge in [0.05, 0.1) is 16.4 Å². The highest BCUT2D eigenvalue weighted by Crippen LogP contribution is 2.46. The van der Waals surface area contributed by atoms with Crippen molar-refractivity contribution in [1.82, 2.24) is 4.90 Å². The molecule has 1 fully saturated rings. The molecule has 0 aromatic heterocycles. The molecular formula is C26H28ClN3O4S. The van der Waals surface area contributed by atoms with Gasteiger partial charge in [0.15, 0.2) is 0 Å². The quantitative estimate of drug-likeness (QED) is 0.235. The number of halogens is 1. The fourth-order valence-corrected chi connectivity index (χ4v) is 6.05. The Morgan fingerprint density at radius 2 is 2.00 bits per heavy atom. The summed E-state index contributed by atoms with van der Waals surface area (Å²) in [4.78, 5) is 40.0. The van der Waals surface area contributed by atoms with Crippen molar-refractivity contribution in [2.75, 3.05) is 11.4 Å². The SMILES string of the molecule is CCCN1c2cc(Cl)c(/C=C3/SC(=O)N(Cc4cccc([N+](=O)[O-])c4)C3=O)cc2C(C)CC1(C)C. The average Bonchev–Trinajstić information content (AvgIpc) is 3.05. The van der Waals surface area contributed by atoms with Crippen LogP contribution in [0.1, 0.15) is 63.1 Å². The third-order valence-electron chi connectivity index (χ3n) is 6.57. The van der Waals surface area contributed by atoms with Crippen LogP contribution >= 0.6 is 23.4 Å². The zero-order chi connectivity index (χ0) is 25.5. The number of hydrogen-bond donors (Lipinski definition) is 0. The Morgan fingerprint density at radius 1 is 1.26 bits per heavy atom. The van der Waals surface area contributed by atoms with E-state index in [0.29, 0.717) is 22.1 Å². The van der Waals surface area contributed by atoms with Crippen LogP contribution in [-0.4, -0.2) is 33.1 Å². The zero-order valence-corrected chi connectivity index (χ0v) is 21.8. The molecule has 1 saturated heterocycles. The Labute approximate surface area is 214 Å². The van der Waals surface area contributed by atoms with E-state index >= 15 is 0 Å². The monoisotopic (exact) mass is 513 g/mol. The maximum Gasteiger partial charge on any atom is 0.293 e. The first-order valence-corrected chi connectivity index (χ1v) is 12.8. The first-order valence-electron chi connectivity index (χ1n) is 11.6. The third-order valence-corrected chi connectivity index (χ3v) is 7.81. The topological polar surface area (TPSA) is 83.8 Å². The second-order valence-electron chi connectivity index (χ2n) is 9.70. The van der Waals surface area contributed by atoms with Gasteiger partial charge >= 0.3 is 0 Å². The van der Waals surface area contributed by atoms with Crippen LogP contribution in [0, 0.1) is 10.1 Å². The summed E-state index contributed by atoms with van der Waals surface area (Å²) in [5.74, 6) is -0.108. The van der Waals surface area contributed by atoms with E-state index in [0.717, 1.165) is 41.7 Å². The Balaban J connectivity index is 1.63. The van der Waals surface area contributed by atoms with E-state index in [1.165, 1.54) is 17.7 Å². The number of non-ortho nitro benzene ring substituents is 1. The number of nitrogens with zero attached hydrogens (tertiary/aromatic N) is 3. The molecule has 0 radical (unpaired) electrons. The van der Waals surface area contributed by atoms with Crippen LogP contribution in [-0.2, 0) is 11.3 Å². The minimum absolute atomic E-state index is 0.0163. The van der Waals surface area contributed by atoms with Crippen LogP contribution in [0.25, 0.3) is 6.08 Å². The highest BCUT2D eigenvalue weighted by atomic mass is 35.5.